The summed E-state index contributed by atoms with van der Waals surface area (Å²) in [5.41, 5.74) is 2.44. The number of hydrogen-bond acceptors (Lipinski definition) is 1. The van der Waals surface area contributed by atoms with Gasteiger partial charge in [-0.25, -0.2) is 0 Å². The molecule has 0 bridgehead atoms. The number of nitrogens with one attached hydrogen (secondary N) is 1. The molecule has 2 aromatic carbocycles. The lowest BCUT2D eigenvalue weighted by Gasteiger charge is -2.37. The first-order chi connectivity index (χ1) is 9.63. The summed E-state index contributed by atoms with van der Waals surface area (Å²) in [6.45, 7) is 0. The smallest absolute Gasteiger partial charge is 0.0593 e. The van der Waals surface area contributed by atoms with Crippen molar-refractivity contribution >= 4 is 44.8 Å². The second-order valence-electron chi connectivity index (χ2n) is 5.16. The highest BCUT2D eigenvalue weighted by molar-refractivity contribution is 9.10. The Balaban J connectivity index is 1.61. The molecule has 4 heteroatoms. The van der Waals surface area contributed by atoms with Gasteiger partial charge in [0.2, 0.25) is 0 Å². The van der Waals surface area contributed by atoms with Crippen molar-refractivity contribution in [2.45, 2.75) is 24.8 Å². The summed E-state index contributed by atoms with van der Waals surface area (Å²) in [6.07, 6.45) is 2.28. The van der Waals surface area contributed by atoms with Crippen molar-refractivity contribution in [1.82, 2.24) is 0 Å². The van der Waals surface area contributed by atoms with Gasteiger partial charge >= 0.3 is 0 Å². The Bertz CT molecular complexity index is 606. The molecule has 0 saturated heterocycles. The molecule has 0 unspecified atom stereocenters. The van der Waals surface area contributed by atoms with Crippen LogP contribution in [0.4, 0.5) is 5.69 Å². The first-order valence-corrected chi connectivity index (χ1v) is 8.14. The summed E-state index contributed by atoms with van der Waals surface area (Å²) < 4.78 is 0.941. The second-order valence-corrected chi connectivity index (χ2v) is 6.80. The van der Waals surface area contributed by atoms with Gasteiger partial charge in [-0.15, -0.1) is 0 Å². The van der Waals surface area contributed by atoms with E-state index in [0.29, 0.717) is 12.0 Å². The number of halogens is 3. The molecule has 0 radical (unpaired) electrons. The SMILES string of the molecule is Clc1ccc(C2CC(Nc3cccc(Cl)c3Br)C2)cc1. The van der Waals surface area contributed by atoms with Gasteiger partial charge < -0.3 is 5.32 Å². The molecular weight excluding hydrogens is 357 g/mol. The topological polar surface area (TPSA) is 12.0 Å². The van der Waals surface area contributed by atoms with E-state index in [1.165, 1.54) is 5.56 Å². The van der Waals surface area contributed by atoms with Crippen molar-refractivity contribution in [2.24, 2.45) is 0 Å². The van der Waals surface area contributed by atoms with Crippen LogP contribution in [0.15, 0.2) is 46.9 Å². The lowest BCUT2D eigenvalue weighted by atomic mass is 9.76. The van der Waals surface area contributed by atoms with E-state index in [4.69, 9.17) is 23.2 Å². The van der Waals surface area contributed by atoms with Gasteiger partial charge in [0, 0.05) is 11.1 Å². The summed E-state index contributed by atoms with van der Waals surface area (Å²) in [7, 11) is 0. The molecule has 0 atom stereocenters. The molecule has 1 aliphatic rings. The molecule has 20 heavy (non-hydrogen) atoms. The summed E-state index contributed by atoms with van der Waals surface area (Å²) in [6, 6.07) is 14.6. The number of hydrogen-bond donors (Lipinski definition) is 1. The third-order valence-corrected chi connectivity index (χ3v) is 5.44. The molecule has 2 aromatic rings. The van der Waals surface area contributed by atoms with E-state index in [9.17, 15) is 0 Å². The average molecular weight is 371 g/mol. The van der Waals surface area contributed by atoms with Gasteiger partial charge in [-0.2, -0.15) is 0 Å². The van der Waals surface area contributed by atoms with Crippen LogP contribution < -0.4 is 5.32 Å². The van der Waals surface area contributed by atoms with Crippen LogP contribution in [0.3, 0.4) is 0 Å². The minimum absolute atomic E-state index is 0.505. The van der Waals surface area contributed by atoms with E-state index in [1.807, 2.05) is 30.3 Å². The Morgan fingerprint density at radius 2 is 1.70 bits per heavy atom. The minimum Gasteiger partial charge on any atom is -0.381 e. The molecule has 1 N–H and O–H groups in total. The average Bonchev–Trinajstić information content (AvgIpc) is 2.39. The van der Waals surface area contributed by atoms with E-state index < -0.39 is 0 Å². The largest absolute Gasteiger partial charge is 0.381 e. The van der Waals surface area contributed by atoms with Crippen molar-refractivity contribution < 1.29 is 0 Å². The lowest BCUT2D eigenvalue weighted by Crippen LogP contribution is -2.34. The molecule has 0 heterocycles. The maximum atomic E-state index is 6.10. The lowest BCUT2D eigenvalue weighted by molar-refractivity contribution is 0.374. The maximum absolute atomic E-state index is 6.10. The molecule has 3 rings (SSSR count). The zero-order valence-electron chi connectivity index (χ0n) is 10.7. The molecule has 1 fully saturated rings. The van der Waals surface area contributed by atoms with Crippen molar-refractivity contribution in [3.63, 3.8) is 0 Å². The third-order valence-electron chi connectivity index (χ3n) is 3.79. The third kappa shape index (κ3) is 2.98. The van der Waals surface area contributed by atoms with Crippen molar-refractivity contribution in [3.8, 4) is 0 Å². The van der Waals surface area contributed by atoms with Gasteiger partial charge in [-0.1, -0.05) is 41.4 Å². The molecular formula is C16H14BrCl2N. The Hall–Kier alpha value is -0.700. The fourth-order valence-corrected chi connectivity index (χ4v) is 3.26. The van der Waals surface area contributed by atoms with E-state index in [1.54, 1.807) is 0 Å². The van der Waals surface area contributed by atoms with Crippen molar-refractivity contribution in [3.05, 3.63) is 62.5 Å². The first-order valence-electron chi connectivity index (χ1n) is 6.59. The fourth-order valence-electron chi connectivity index (χ4n) is 2.58. The van der Waals surface area contributed by atoms with E-state index in [0.717, 1.165) is 33.0 Å². The maximum Gasteiger partial charge on any atom is 0.0593 e. The Morgan fingerprint density at radius 1 is 1.00 bits per heavy atom. The summed E-state index contributed by atoms with van der Waals surface area (Å²) >= 11 is 15.5. The molecule has 1 aliphatic carbocycles. The van der Waals surface area contributed by atoms with Crippen LogP contribution >= 0.6 is 39.1 Å². The van der Waals surface area contributed by atoms with Crippen LogP contribution in [-0.4, -0.2) is 6.04 Å². The predicted octanol–water partition coefficient (Wildman–Crippen LogP) is 6.11. The number of anilines is 1. The van der Waals surface area contributed by atoms with E-state index >= 15 is 0 Å². The summed E-state index contributed by atoms with van der Waals surface area (Å²) in [4.78, 5) is 0. The normalized spacial score (nSPS) is 21.4. The van der Waals surface area contributed by atoms with Crippen molar-refractivity contribution in [2.75, 3.05) is 5.32 Å². The van der Waals surface area contributed by atoms with Gasteiger partial charge in [-0.05, 0) is 64.5 Å². The fraction of sp³-hybridized carbons (Fsp3) is 0.250. The van der Waals surface area contributed by atoms with E-state index in [2.05, 4.69) is 33.4 Å². The van der Waals surface area contributed by atoms with Crippen LogP contribution in [-0.2, 0) is 0 Å². The zero-order chi connectivity index (χ0) is 14.1. The van der Waals surface area contributed by atoms with Gasteiger partial charge in [0.15, 0.2) is 0 Å². The zero-order valence-corrected chi connectivity index (χ0v) is 13.8. The molecule has 0 amide bonds. The Morgan fingerprint density at radius 3 is 2.40 bits per heavy atom. The van der Waals surface area contributed by atoms with Gasteiger partial charge in [-0.3, -0.25) is 0 Å². The molecule has 0 aliphatic heterocycles. The van der Waals surface area contributed by atoms with Gasteiger partial charge in [0.25, 0.3) is 0 Å². The van der Waals surface area contributed by atoms with Crippen LogP contribution in [0.1, 0.15) is 24.3 Å². The molecule has 0 aromatic heterocycles. The second kappa shape index (κ2) is 5.97. The summed E-state index contributed by atoms with van der Waals surface area (Å²) in [5.74, 6) is 0.628. The highest BCUT2D eigenvalue weighted by Gasteiger charge is 2.30. The first kappa shape index (κ1) is 14.2. The minimum atomic E-state index is 0.505. The van der Waals surface area contributed by atoms with Crippen LogP contribution in [0.25, 0.3) is 0 Å². The predicted molar refractivity (Wildman–Crippen MR) is 90.0 cm³/mol. The standard InChI is InChI=1S/C16H14BrCl2N/c17-16-14(19)2-1-3-15(16)20-13-8-11(9-13)10-4-6-12(18)7-5-10/h1-7,11,13,20H,8-9H2. The van der Waals surface area contributed by atoms with Crippen LogP contribution in [0, 0.1) is 0 Å². The highest BCUT2D eigenvalue weighted by atomic mass is 79.9. The summed E-state index contributed by atoms with van der Waals surface area (Å²) in [5, 5.41) is 5.08. The monoisotopic (exact) mass is 369 g/mol. The number of rotatable bonds is 3. The Kier molecular flexibility index (Phi) is 4.25. The van der Waals surface area contributed by atoms with Crippen molar-refractivity contribution in [1.29, 1.82) is 0 Å². The molecule has 1 saturated carbocycles. The van der Waals surface area contributed by atoms with Gasteiger partial charge in [0.05, 0.1) is 15.2 Å². The van der Waals surface area contributed by atoms with Crippen LogP contribution in [0.2, 0.25) is 10.0 Å². The molecule has 104 valence electrons. The molecule has 1 nitrogen and oxygen atoms in total. The highest BCUT2D eigenvalue weighted by Crippen LogP contribution is 2.40. The molecule has 0 spiro atoms. The number of benzene rings is 2. The van der Waals surface area contributed by atoms with Crippen LogP contribution in [0.5, 0.6) is 0 Å². The van der Waals surface area contributed by atoms with Gasteiger partial charge in [0.1, 0.15) is 0 Å². The van der Waals surface area contributed by atoms with E-state index in [-0.39, 0.29) is 0 Å². The Labute approximate surface area is 137 Å². The quantitative estimate of drug-likeness (QED) is 0.686.